The molecule has 6 heteroatoms. The predicted octanol–water partition coefficient (Wildman–Crippen LogP) is 2.12. The van der Waals surface area contributed by atoms with Gasteiger partial charge in [0.2, 0.25) is 5.89 Å². The summed E-state index contributed by atoms with van der Waals surface area (Å²) in [5, 5.41) is 7.50. The summed E-state index contributed by atoms with van der Waals surface area (Å²) < 4.78 is 23.8. The third-order valence-electron chi connectivity index (χ3n) is 2.38. The maximum Gasteiger partial charge on any atom is 0.253 e. The summed E-state index contributed by atoms with van der Waals surface area (Å²) in [6, 6.07) is 3.90. The second-order valence-corrected chi connectivity index (χ2v) is 3.97. The van der Waals surface area contributed by atoms with Crippen molar-refractivity contribution in [2.75, 3.05) is 0 Å². The average Bonchev–Trinajstić information content (AvgIpc) is 2.73. The van der Waals surface area contributed by atoms with Crippen LogP contribution in [0, 0.1) is 12.7 Å². The lowest BCUT2D eigenvalue weighted by atomic mass is 10.1. The van der Waals surface area contributed by atoms with Gasteiger partial charge >= 0.3 is 0 Å². The summed E-state index contributed by atoms with van der Waals surface area (Å²) >= 11 is 0. The Morgan fingerprint density at radius 3 is 2.83 bits per heavy atom. The maximum atomic E-state index is 13.1. The van der Waals surface area contributed by atoms with E-state index in [1.807, 2.05) is 0 Å². The van der Waals surface area contributed by atoms with Crippen molar-refractivity contribution in [3.8, 4) is 5.75 Å². The van der Waals surface area contributed by atoms with Crippen LogP contribution < -0.4 is 10.5 Å². The number of ether oxygens (including phenoxy) is 1. The van der Waals surface area contributed by atoms with Crippen molar-refractivity contribution in [2.24, 2.45) is 5.73 Å². The maximum absolute atomic E-state index is 13.1. The number of aromatic nitrogens is 2. The SMILES string of the molecule is Cc1nnc(COc2ccc(F)cc2[C@@H](C)N)o1. The fourth-order valence-corrected chi connectivity index (χ4v) is 1.54. The number of nitrogens with zero attached hydrogens (tertiary/aromatic N) is 2. The molecular formula is C12H14FN3O2. The first kappa shape index (κ1) is 12.5. The van der Waals surface area contributed by atoms with Crippen LogP contribution in [0.5, 0.6) is 5.75 Å². The quantitative estimate of drug-likeness (QED) is 0.900. The molecule has 1 aromatic carbocycles. The van der Waals surface area contributed by atoms with Crippen molar-refractivity contribution in [1.29, 1.82) is 0 Å². The normalized spacial score (nSPS) is 12.4. The molecule has 0 spiro atoms. The first-order chi connectivity index (χ1) is 8.56. The third kappa shape index (κ3) is 2.84. The van der Waals surface area contributed by atoms with Crippen LogP contribution in [0.4, 0.5) is 4.39 Å². The van der Waals surface area contributed by atoms with E-state index in [4.69, 9.17) is 14.9 Å². The Morgan fingerprint density at radius 2 is 2.22 bits per heavy atom. The van der Waals surface area contributed by atoms with Gasteiger partial charge in [-0.1, -0.05) is 0 Å². The standard InChI is InChI=1S/C12H14FN3O2/c1-7(14)10-5-9(13)3-4-11(10)17-6-12-16-15-8(2)18-12/h3-5,7H,6,14H2,1-2H3/t7-/m1/s1. The lowest BCUT2D eigenvalue weighted by Crippen LogP contribution is -2.08. The number of hydrogen-bond acceptors (Lipinski definition) is 5. The Morgan fingerprint density at radius 1 is 1.44 bits per heavy atom. The molecule has 0 aliphatic rings. The molecule has 2 N–H and O–H groups in total. The van der Waals surface area contributed by atoms with Crippen molar-refractivity contribution in [1.82, 2.24) is 10.2 Å². The van der Waals surface area contributed by atoms with Crippen molar-refractivity contribution >= 4 is 0 Å². The summed E-state index contributed by atoms with van der Waals surface area (Å²) in [5.41, 5.74) is 6.36. The molecular weight excluding hydrogens is 237 g/mol. The molecule has 0 fully saturated rings. The fourth-order valence-electron chi connectivity index (χ4n) is 1.54. The molecule has 18 heavy (non-hydrogen) atoms. The van der Waals surface area contributed by atoms with Gasteiger partial charge in [0.25, 0.3) is 5.89 Å². The topological polar surface area (TPSA) is 74.2 Å². The predicted molar refractivity (Wildman–Crippen MR) is 62.4 cm³/mol. The van der Waals surface area contributed by atoms with Crippen LogP contribution in [0.15, 0.2) is 22.6 Å². The van der Waals surface area contributed by atoms with Gasteiger partial charge in [0.1, 0.15) is 11.6 Å². The fraction of sp³-hybridized carbons (Fsp3) is 0.333. The van der Waals surface area contributed by atoms with Gasteiger partial charge in [0.15, 0.2) is 6.61 Å². The summed E-state index contributed by atoms with van der Waals surface area (Å²) in [4.78, 5) is 0. The zero-order chi connectivity index (χ0) is 13.1. The lowest BCUT2D eigenvalue weighted by molar-refractivity contribution is 0.257. The van der Waals surface area contributed by atoms with E-state index in [0.29, 0.717) is 23.1 Å². The second kappa shape index (κ2) is 5.14. The van der Waals surface area contributed by atoms with Gasteiger partial charge < -0.3 is 14.9 Å². The highest BCUT2D eigenvalue weighted by atomic mass is 19.1. The highest BCUT2D eigenvalue weighted by Gasteiger charge is 2.11. The molecule has 0 saturated carbocycles. The van der Waals surface area contributed by atoms with Gasteiger partial charge in [-0.05, 0) is 25.1 Å². The van der Waals surface area contributed by atoms with Gasteiger partial charge in [0.05, 0.1) is 0 Å². The van der Waals surface area contributed by atoms with E-state index >= 15 is 0 Å². The summed E-state index contributed by atoms with van der Waals surface area (Å²) in [6.07, 6.45) is 0. The number of aryl methyl sites for hydroxylation is 1. The smallest absolute Gasteiger partial charge is 0.253 e. The van der Waals surface area contributed by atoms with E-state index in [0.717, 1.165) is 0 Å². The molecule has 5 nitrogen and oxygen atoms in total. The molecule has 1 atom stereocenters. The number of nitrogens with two attached hydrogens (primary N) is 1. The van der Waals surface area contributed by atoms with Crippen molar-refractivity contribution in [3.63, 3.8) is 0 Å². The summed E-state index contributed by atoms with van der Waals surface area (Å²) in [6.45, 7) is 3.59. The molecule has 0 unspecified atom stereocenters. The molecule has 2 rings (SSSR count). The van der Waals surface area contributed by atoms with E-state index in [2.05, 4.69) is 10.2 Å². The number of hydrogen-bond donors (Lipinski definition) is 1. The minimum atomic E-state index is -0.344. The number of halogens is 1. The van der Waals surface area contributed by atoms with Crippen LogP contribution >= 0.6 is 0 Å². The summed E-state index contributed by atoms with van der Waals surface area (Å²) in [5.74, 6) is 1.01. The number of benzene rings is 1. The molecule has 1 aromatic heterocycles. The molecule has 0 aliphatic heterocycles. The Hall–Kier alpha value is -1.95. The van der Waals surface area contributed by atoms with Crippen LogP contribution in [-0.2, 0) is 6.61 Å². The van der Waals surface area contributed by atoms with Crippen molar-refractivity contribution < 1.29 is 13.5 Å². The van der Waals surface area contributed by atoms with Crippen LogP contribution in [0.1, 0.15) is 30.3 Å². The van der Waals surface area contributed by atoms with Crippen molar-refractivity contribution in [3.05, 3.63) is 41.4 Å². The zero-order valence-electron chi connectivity index (χ0n) is 10.2. The molecule has 0 radical (unpaired) electrons. The van der Waals surface area contributed by atoms with Crippen LogP contribution in [-0.4, -0.2) is 10.2 Å². The minimum absolute atomic E-state index is 0.131. The Labute approximate surface area is 104 Å². The Bertz CT molecular complexity index is 540. The molecule has 0 saturated heterocycles. The molecule has 0 aliphatic carbocycles. The highest BCUT2D eigenvalue weighted by Crippen LogP contribution is 2.25. The highest BCUT2D eigenvalue weighted by molar-refractivity contribution is 5.36. The van der Waals surface area contributed by atoms with Crippen LogP contribution in [0.25, 0.3) is 0 Å². The van der Waals surface area contributed by atoms with Gasteiger partial charge in [0, 0.05) is 18.5 Å². The largest absolute Gasteiger partial charge is 0.483 e. The first-order valence-corrected chi connectivity index (χ1v) is 5.53. The third-order valence-corrected chi connectivity index (χ3v) is 2.38. The van der Waals surface area contributed by atoms with Gasteiger partial charge in [-0.2, -0.15) is 0 Å². The summed E-state index contributed by atoms with van der Waals surface area (Å²) in [7, 11) is 0. The molecule has 1 heterocycles. The monoisotopic (exact) mass is 251 g/mol. The molecule has 2 aromatic rings. The van der Waals surface area contributed by atoms with Crippen LogP contribution in [0.2, 0.25) is 0 Å². The molecule has 0 bridgehead atoms. The Kier molecular flexibility index (Phi) is 3.57. The van der Waals surface area contributed by atoms with Crippen molar-refractivity contribution in [2.45, 2.75) is 26.5 Å². The van der Waals surface area contributed by atoms with Gasteiger partial charge in [-0.25, -0.2) is 4.39 Å². The Balaban J connectivity index is 2.13. The van der Waals surface area contributed by atoms with E-state index < -0.39 is 0 Å². The lowest BCUT2D eigenvalue weighted by Gasteiger charge is -2.12. The van der Waals surface area contributed by atoms with E-state index in [-0.39, 0.29) is 18.5 Å². The molecule has 0 amide bonds. The van der Waals surface area contributed by atoms with E-state index in [1.165, 1.54) is 18.2 Å². The minimum Gasteiger partial charge on any atom is -0.483 e. The average molecular weight is 251 g/mol. The number of rotatable bonds is 4. The molecule has 96 valence electrons. The van der Waals surface area contributed by atoms with E-state index in [1.54, 1.807) is 13.8 Å². The van der Waals surface area contributed by atoms with E-state index in [9.17, 15) is 4.39 Å². The van der Waals surface area contributed by atoms with Crippen LogP contribution in [0.3, 0.4) is 0 Å². The first-order valence-electron chi connectivity index (χ1n) is 5.53. The second-order valence-electron chi connectivity index (χ2n) is 3.97. The van der Waals surface area contributed by atoms with Gasteiger partial charge in [-0.3, -0.25) is 0 Å². The van der Waals surface area contributed by atoms with Gasteiger partial charge in [-0.15, -0.1) is 10.2 Å². The zero-order valence-corrected chi connectivity index (χ0v) is 10.2.